The van der Waals surface area contributed by atoms with Crippen LogP contribution in [0.3, 0.4) is 0 Å². The first-order valence-corrected chi connectivity index (χ1v) is 14.1. The molecule has 6 nitrogen and oxygen atoms in total. The third-order valence-corrected chi connectivity index (χ3v) is 8.86. The highest BCUT2D eigenvalue weighted by atomic mass is 32.1. The average molecular weight is 517 g/mol. The molecule has 37 heavy (non-hydrogen) atoms. The summed E-state index contributed by atoms with van der Waals surface area (Å²) in [5.74, 6) is 0.169. The maximum absolute atomic E-state index is 13.8. The van der Waals surface area contributed by atoms with Crippen LogP contribution in [0.4, 0.5) is 5.69 Å². The number of amides is 2. The van der Waals surface area contributed by atoms with Gasteiger partial charge < -0.3 is 9.80 Å². The molecule has 2 aromatic carbocycles. The van der Waals surface area contributed by atoms with Gasteiger partial charge in [-0.2, -0.15) is 0 Å². The number of carbonyl (C=O) groups is 2. The Morgan fingerprint density at radius 1 is 0.973 bits per heavy atom. The molecule has 1 aromatic heterocycles. The van der Waals surface area contributed by atoms with Gasteiger partial charge in [-0.25, -0.2) is 4.98 Å². The highest BCUT2D eigenvalue weighted by Crippen LogP contribution is 2.33. The third-order valence-electron chi connectivity index (χ3n) is 7.78. The second kappa shape index (κ2) is 11.2. The molecule has 2 bridgehead atoms. The van der Waals surface area contributed by atoms with Gasteiger partial charge in [0.2, 0.25) is 11.8 Å². The molecule has 0 saturated carbocycles. The molecule has 194 valence electrons. The number of aryl methyl sites for hydroxylation is 2. The van der Waals surface area contributed by atoms with E-state index in [0.717, 1.165) is 52.6 Å². The van der Waals surface area contributed by atoms with Gasteiger partial charge in [-0.15, -0.1) is 11.3 Å². The van der Waals surface area contributed by atoms with Crippen molar-refractivity contribution in [3.05, 3.63) is 81.3 Å². The highest BCUT2D eigenvalue weighted by Gasteiger charge is 2.36. The lowest BCUT2D eigenvalue weighted by atomic mass is 10.1. The van der Waals surface area contributed by atoms with Gasteiger partial charge in [0.1, 0.15) is 0 Å². The number of hydrogen-bond acceptors (Lipinski definition) is 5. The zero-order valence-corrected chi connectivity index (χ0v) is 22.8. The maximum Gasteiger partial charge on any atom is 0.228 e. The second-order valence-electron chi connectivity index (χ2n) is 10.3. The fourth-order valence-electron chi connectivity index (χ4n) is 5.91. The Hall–Kier alpha value is -3.03. The number of anilines is 1. The normalized spacial score (nSPS) is 20.4. The molecule has 2 atom stereocenters. The van der Waals surface area contributed by atoms with Gasteiger partial charge in [0.25, 0.3) is 0 Å². The number of benzene rings is 2. The van der Waals surface area contributed by atoms with Crippen LogP contribution < -0.4 is 4.90 Å². The Morgan fingerprint density at radius 2 is 1.70 bits per heavy atom. The fourth-order valence-corrected chi connectivity index (χ4v) is 6.84. The van der Waals surface area contributed by atoms with E-state index in [-0.39, 0.29) is 17.9 Å². The first-order valence-electron chi connectivity index (χ1n) is 13.3. The molecule has 3 aromatic rings. The number of para-hydroxylation sites is 1. The number of carbonyl (C=O) groups excluding carboxylic acids is 2. The van der Waals surface area contributed by atoms with E-state index in [1.807, 2.05) is 41.8 Å². The lowest BCUT2D eigenvalue weighted by Gasteiger charge is -2.34. The van der Waals surface area contributed by atoms with Crippen LogP contribution in [0.15, 0.2) is 54.6 Å². The van der Waals surface area contributed by atoms with Crippen LogP contribution in [0.1, 0.15) is 52.9 Å². The smallest absolute Gasteiger partial charge is 0.228 e. The fraction of sp³-hybridized carbons (Fsp3) is 0.433. The maximum atomic E-state index is 13.8. The molecule has 1 fully saturated rings. The minimum Gasteiger partial charge on any atom is -0.336 e. The van der Waals surface area contributed by atoms with Crippen molar-refractivity contribution < 1.29 is 9.59 Å². The van der Waals surface area contributed by atoms with Crippen LogP contribution in [0.25, 0.3) is 0 Å². The number of nitrogens with zero attached hydrogens (tertiary/aromatic N) is 4. The van der Waals surface area contributed by atoms with E-state index in [2.05, 4.69) is 46.3 Å². The van der Waals surface area contributed by atoms with Gasteiger partial charge in [-0.05, 0) is 50.3 Å². The van der Waals surface area contributed by atoms with Crippen molar-refractivity contribution in [3.63, 3.8) is 0 Å². The number of fused-ring (bicyclic) bond motifs is 3. The van der Waals surface area contributed by atoms with Crippen molar-refractivity contribution in [2.45, 2.75) is 71.6 Å². The average Bonchev–Trinajstić information content (AvgIpc) is 3.39. The molecule has 7 heteroatoms. The summed E-state index contributed by atoms with van der Waals surface area (Å²) in [6.07, 6.45) is 3.43. The van der Waals surface area contributed by atoms with Gasteiger partial charge in [-0.3, -0.25) is 14.5 Å². The minimum atomic E-state index is 0.0458. The van der Waals surface area contributed by atoms with Crippen LogP contribution >= 0.6 is 11.3 Å². The van der Waals surface area contributed by atoms with Crippen molar-refractivity contribution in [1.29, 1.82) is 0 Å². The van der Waals surface area contributed by atoms with Crippen molar-refractivity contribution in [2.75, 3.05) is 18.0 Å². The summed E-state index contributed by atoms with van der Waals surface area (Å²) in [7, 11) is 0. The van der Waals surface area contributed by atoms with Crippen molar-refractivity contribution >= 4 is 28.8 Å². The van der Waals surface area contributed by atoms with Crippen molar-refractivity contribution in [2.24, 2.45) is 0 Å². The molecule has 2 aliphatic heterocycles. The van der Waals surface area contributed by atoms with Crippen LogP contribution in [-0.4, -0.2) is 51.8 Å². The molecule has 5 rings (SSSR count). The Bertz CT molecular complexity index is 1260. The zero-order valence-electron chi connectivity index (χ0n) is 22.0. The summed E-state index contributed by atoms with van der Waals surface area (Å²) in [5, 5.41) is 0.993. The summed E-state index contributed by atoms with van der Waals surface area (Å²) in [4.78, 5) is 38.8. The van der Waals surface area contributed by atoms with Crippen molar-refractivity contribution in [3.8, 4) is 0 Å². The summed E-state index contributed by atoms with van der Waals surface area (Å²) in [5.41, 5.74) is 4.18. The van der Waals surface area contributed by atoms with E-state index in [4.69, 9.17) is 0 Å². The van der Waals surface area contributed by atoms with E-state index < -0.39 is 0 Å². The lowest BCUT2D eigenvalue weighted by molar-refractivity contribution is -0.132. The first-order chi connectivity index (χ1) is 17.9. The van der Waals surface area contributed by atoms with Gasteiger partial charge in [0.05, 0.1) is 17.1 Å². The molecule has 3 heterocycles. The predicted molar refractivity (Wildman–Crippen MR) is 149 cm³/mol. The summed E-state index contributed by atoms with van der Waals surface area (Å²) in [6, 6.07) is 19.3. The van der Waals surface area contributed by atoms with Crippen LogP contribution in [0, 0.1) is 13.8 Å². The molecule has 1 saturated heterocycles. The zero-order chi connectivity index (χ0) is 25.9. The minimum absolute atomic E-state index is 0.0458. The van der Waals surface area contributed by atoms with E-state index in [1.165, 1.54) is 5.56 Å². The summed E-state index contributed by atoms with van der Waals surface area (Å²) in [6.45, 7) is 8.35. The molecule has 0 radical (unpaired) electrons. The molecule has 2 amide bonds. The predicted octanol–water partition coefficient (Wildman–Crippen LogP) is 5.12. The van der Waals surface area contributed by atoms with Crippen LogP contribution in [0.2, 0.25) is 0 Å². The van der Waals surface area contributed by atoms with Gasteiger partial charge in [-0.1, -0.05) is 48.5 Å². The number of hydrogen-bond donors (Lipinski definition) is 0. The molecule has 0 aliphatic carbocycles. The number of rotatable bonds is 4. The Morgan fingerprint density at radius 3 is 2.43 bits per heavy atom. The Kier molecular flexibility index (Phi) is 7.72. The number of aromatic nitrogens is 1. The molecule has 0 spiro atoms. The van der Waals surface area contributed by atoms with E-state index in [1.54, 1.807) is 18.3 Å². The Balaban J connectivity index is 1.50. The Labute approximate surface area is 223 Å². The first kappa shape index (κ1) is 25.6. The standard InChI is InChI=1S/C30H36N4O2S/c1-21-29(37-22(2)31-21)17-30(36)32-19-25-11-7-8-12-28(25)33(23(3)35)16-15-26-13-14-27(20-32)34(26)18-24-9-5-4-6-10-24/h4-12,26-27H,13-20H2,1-3H3/t26-,27+/m0/s1. The van der Waals surface area contributed by atoms with Crippen LogP contribution in [0.5, 0.6) is 0 Å². The van der Waals surface area contributed by atoms with E-state index >= 15 is 0 Å². The topological polar surface area (TPSA) is 56.8 Å². The molecular weight excluding hydrogens is 480 g/mol. The molecule has 2 aliphatic rings. The largest absolute Gasteiger partial charge is 0.336 e. The van der Waals surface area contributed by atoms with Gasteiger partial charge >= 0.3 is 0 Å². The lowest BCUT2D eigenvalue weighted by Crippen LogP contribution is -2.45. The third kappa shape index (κ3) is 5.78. The highest BCUT2D eigenvalue weighted by molar-refractivity contribution is 7.11. The summed E-state index contributed by atoms with van der Waals surface area (Å²) < 4.78 is 0. The quantitative estimate of drug-likeness (QED) is 0.483. The van der Waals surface area contributed by atoms with Gasteiger partial charge in [0.15, 0.2) is 0 Å². The van der Waals surface area contributed by atoms with E-state index in [0.29, 0.717) is 32.1 Å². The van der Waals surface area contributed by atoms with Gasteiger partial charge in [0, 0.05) is 55.8 Å². The second-order valence-corrected chi connectivity index (χ2v) is 11.6. The molecule has 0 N–H and O–H groups in total. The number of thiazole rings is 1. The summed E-state index contributed by atoms with van der Waals surface area (Å²) >= 11 is 1.61. The van der Waals surface area contributed by atoms with E-state index in [9.17, 15) is 9.59 Å². The van der Waals surface area contributed by atoms with Crippen LogP contribution in [-0.2, 0) is 29.1 Å². The monoisotopic (exact) mass is 516 g/mol. The molecule has 0 unspecified atom stereocenters. The molecular formula is C30H36N4O2S. The van der Waals surface area contributed by atoms with Crippen molar-refractivity contribution in [1.82, 2.24) is 14.8 Å². The SMILES string of the molecule is CC(=O)N1CC[C@@H]2CC[C@H](CN(C(=O)Cc3sc(C)nc3C)Cc3ccccc31)N2Cc1ccccc1.